The zero-order chi connectivity index (χ0) is 18.5. The number of benzene rings is 1. The molecule has 1 fully saturated rings. The number of pyridine rings is 1. The van der Waals surface area contributed by atoms with Gasteiger partial charge < -0.3 is 5.11 Å². The topological polar surface area (TPSA) is 36.4 Å². The second kappa shape index (κ2) is 8.49. The molecule has 2 aromatic heterocycles. The molecule has 136 valence electrons. The fourth-order valence-corrected chi connectivity index (χ4v) is 4.52. The van der Waals surface area contributed by atoms with E-state index in [2.05, 4.69) is 64.2 Å². The number of thiophene rings is 1. The Kier molecular flexibility index (Phi) is 5.64. The summed E-state index contributed by atoms with van der Waals surface area (Å²) in [5.74, 6) is 6.26. The summed E-state index contributed by atoms with van der Waals surface area (Å²) in [6.45, 7) is 3.08. The zero-order valence-electron chi connectivity index (χ0n) is 15.1. The number of hydrogen-bond donors (Lipinski definition) is 1. The first-order chi connectivity index (χ1) is 13.3. The molecule has 0 aliphatic carbocycles. The van der Waals surface area contributed by atoms with Gasteiger partial charge in [-0.15, -0.1) is 11.3 Å². The molecule has 0 radical (unpaired) electrons. The first-order valence-electron chi connectivity index (χ1n) is 9.24. The third-order valence-electron chi connectivity index (χ3n) is 4.93. The van der Waals surface area contributed by atoms with E-state index in [1.807, 2.05) is 18.3 Å². The van der Waals surface area contributed by atoms with Gasteiger partial charge in [0, 0.05) is 29.7 Å². The Labute approximate surface area is 164 Å². The summed E-state index contributed by atoms with van der Waals surface area (Å²) in [4.78, 5) is 9.42. The number of rotatable bonds is 4. The molecule has 1 unspecified atom stereocenters. The lowest BCUT2D eigenvalue weighted by Crippen LogP contribution is -2.19. The predicted molar refractivity (Wildman–Crippen MR) is 111 cm³/mol. The largest absolute Gasteiger partial charge is 0.384 e. The van der Waals surface area contributed by atoms with Gasteiger partial charge in [-0.3, -0.25) is 9.88 Å². The van der Waals surface area contributed by atoms with Crippen LogP contribution in [0.4, 0.5) is 0 Å². The number of likely N-dealkylation sites (tertiary alicyclic amines) is 1. The Balaban J connectivity index is 1.42. The summed E-state index contributed by atoms with van der Waals surface area (Å²) in [5, 5.41) is 8.81. The molecule has 1 aromatic carbocycles. The quantitative estimate of drug-likeness (QED) is 0.697. The van der Waals surface area contributed by atoms with Gasteiger partial charge in [-0.1, -0.05) is 42.2 Å². The molecule has 0 amide bonds. The van der Waals surface area contributed by atoms with Crippen LogP contribution in [0.3, 0.4) is 0 Å². The lowest BCUT2D eigenvalue weighted by atomic mass is 9.97. The highest BCUT2D eigenvalue weighted by Gasteiger charge is 2.24. The molecular formula is C23H22N2OS. The normalized spacial score (nSPS) is 16.9. The number of hydrogen-bond acceptors (Lipinski definition) is 4. The molecule has 3 nitrogen and oxygen atoms in total. The van der Waals surface area contributed by atoms with E-state index >= 15 is 0 Å². The molecule has 1 saturated heterocycles. The fraction of sp³-hybridized carbons (Fsp3) is 0.261. The molecule has 4 rings (SSSR count). The molecule has 1 aliphatic rings. The molecule has 1 atom stereocenters. The number of aliphatic hydroxyl groups excluding tert-OH is 1. The van der Waals surface area contributed by atoms with Crippen LogP contribution in [-0.2, 0) is 6.54 Å². The third kappa shape index (κ3) is 4.45. The van der Waals surface area contributed by atoms with E-state index < -0.39 is 0 Å². The minimum absolute atomic E-state index is 0.0854. The van der Waals surface area contributed by atoms with Gasteiger partial charge in [-0.05, 0) is 48.7 Å². The first kappa shape index (κ1) is 17.9. The molecule has 3 aromatic rings. The first-order valence-corrected chi connectivity index (χ1v) is 10.1. The van der Waals surface area contributed by atoms with Crippen LogP contribution >= 0.6 is 11.3 Å². The Morgan fingerprint density at radius 2 is 2.04 bits per heavy atom. The molecule has 0 bridgehead atoms. The summed E-state index contributed by atoms with van der Waals surface area (Å²) in [6.07, 6.45) is 3.12. The standard InChI is InChI=1S/C23H22N2OS/c26-14-4-7-21-8-9-22(27-21)17-25-13-11-20(16-25)19-10-12-24-23(15-19)18-5-2-1-3-6-18/h1-3,5-6,8-10,12,15,20,26H,11,13-14,16-17H2. The van der Waals surface area contributed by atoms with E-state index in [9.17, 15) is 0 Å². The highest BCUT2D eigenvalue weighted by atomic mass is 32.1. The van der Waals surface area contributed by atoms with Crippen molar-refractivity contribution in [2.24, 2.45) is 0 Å². The van der Waals surface area contributed by atoms with Crippen LogP contribution in [0.15, 0.2) is 60.8 Å². The summed E-state index contributed by atoms with van der Waals surface area (Å²) in [5.41, 5.74) is 3.60. The zero-order valence-corrected chi connectivity index (χ0v) is 16.0. The van der Waals surface area contributed by atoms with E-state index in [0.29, 0.717) is 5.92 Å². The second-order valence-corrected chi connectivity index (χ2v) is 7.96. The van der Waals surface area contributed by atoms with Crippen molar-refractivity contribution in [2.45, 2.75) is 18.9 Å². The molecule has 1 aliphatic heterocycles. The maximum Gasteiger partial charge on any atom is 0.104 e. The van der Waals surface area contributed by atoms with E-state index in [0.717, 1.165) is 30.2 Å². The van der Waals surface area contributed by atoms with Crippen molar-refractivity contribution in [3.05, 3.63) is 76.1 Å². The molecule has 27 heavy (non-hydrogen) atoms. The minimum atomic E-state index is -0.0854. The van der Waals surface area contributed by atoms with Crippen LogP contribution in [0.25, 0.3) is 11.3 Å². The van der Waals surface area contributed by atoms with Crippen molar-refractivity contribution < 1.29 is 5.11 Å². The van der Waals surface area contributed by atoms with Gasteiger partial charge in [-0.25, -0.2) is 0 Å². The van der Waals surface area contributed by atoms with E-state index in [4.69, 9.17) is 5.11 Å². The van der Waals surface area contributed by atoms with Crippen LogP contribution in [0.5, 0.6) is 0 Å². The molecule has 0 spiro atoms. The number of aliphatic hydroxyl groups is 1. The maximum atomic E-state index is 8.81. The SMILES string of the molecule is OCC#Cc1ccc(CN2CCC(c3ccnc(-c4ccccc4)c3)C2)s1. The second-order valence-electron chi connectivity index (χ2n) is 6.79. The van der Waals surface area contributed by atoms with Crippen molar-refractivity contribution in [1.82, 2.24) is 9.88 Å². The summed E-state index contributed by atoms with van der Waals surface area (Å²) >= 11 is 1.72. The highest BCUT2D eigenvalue weighted by molar-refractivity contribution is 7.12. The molecular weight excluding hydrogens is 352 g/mol. The third-order valence-corrected chi connectivity index (χ3v) is 5.91. The fourth-order valence-electron chi connectivity index (χ4n) is 3.59. The Morgan fingerprint density at radius 1 is 1.15 bits per heavy atom. The molecule has 1 N–H and O–H groups in total. The Morgan fingerprint density at radius 3 is 2.89 bits per heavy atom. The average molecular weight is 375 g/mol. The molecule has 4 heteroatoms. The van der Waals surface area contributed by atoms with Gasteiger partial charge in [0.1, 0.15) is 6.61 Å². The Hall–Kier alpha value is -2.45. The maximum absolute atomic E-state index is 8.81. The van der Waals surface area contributed by atoms with Crippen LogP contribution in [0.1, 0.15) is 27.7 Å². The van der Waals surface area contributed by atoms with Crippen molar-refractivity contribution >= 4 is 11.3 Å². The smallest absolute Gasteiger partial charge is 0.104 e. The van der Waals surface area contributed by atoms with E-state index in [1.165, 1.54) is 22.4 Å². The number of nitrogens with zero attached hydrogens (tertiary/aromatic N) is 2. The van der Waals surface area contributed by atoms with E-state index in [-0.39, 0.29) is 6.61 Å². The van der Waals surface area contributed by atoms with Crippen LogP contribution in [0.2, 0.25) is 0 Å². The average Bonchev–Trinajstić information content (AvgIpc) is 3.37. The predicted octanol–water partition coefficient (Wildman–Crippen LogP) is 4.14. The molecule has 0 saturated carbocycles. The summed E-state index contributed by atoms with van der Waals surface area (Å²) in [6, 6.07) is 19.0. The lowest BCUT2D eigenvalue weighted by Gasteiger charge is -2.15. The highest BCUT2D eigenvalue weighted by Crippen LogP contribution is 2.31. The van der Waals surface area contributed by atoms with Gasteiger partial charge in [0.2, 0.25) is 0 Å². The number of aromatic nitrogens is 1. The van der Waals surface area contributed by atoms with Gasteiger partial charge in [0.15, 0.2) is 0 Å². The monoisotopic (exact) mass is 374 g/mol. The van der Waals surface area contributed by atoms with Crippen LogP contribution in [0, 0.1) is 11.8 Å². The summed E-state index contributed by atoms with van der Waals surface area (Å²) < 4.78 is 0. The summed E-state index contributed by atoms with van der Waals surface area (Å²) in [7, 11) is 0. The molecule has 3 heterocycles. The van der Waals surface area contributed by atoms with Gasteiger partial charge >= 0.3 is 0 Å². The van der Waals surface area contributed by atoms with Gasteiger partial charge in [-0.2, -0.15) is 0 Å². The lowest BCUT2D eigenvalue weighted by molar-refractivity contribution is 0.330. The van der Waals surface area contributed by atoms with Gasteiger partial charge in [0.05, 0.1) is 10.6 Å². The van der Waals surface area contributed by atoms with Crippen molar-refractivity contribution in [3.8, 4) is 23.1 Å². The van der Waals surface area contributed by atoms with E-state index in [1.54, 1.807) is 11.3 Å². The Bertz CT molecular complexity index is 955. The van der Waals surface area contributed by atoms with Crippen LogP contribution in [-0.4, -0.2) is 34.7 Å². The van der Waals surface area contributed by atoms with Gasteiger partial charge in [0.25, 0.3) is 0 Å². The van der Waals surface area contributed by atoms with Crippen molar-refractivity contribution in [1.29, 1.82) is 0 Å². The minimum Gasteiger partial charge on any atom is -0.384 e. The van der Waals surface area contributed by atoms with Crippen molar-refractivity contribution in [3.63, 3.8) is 0 Å². The van der Waals surface area contributed by atoms with Crippen molar-refractivity contribution in [2.75, 3.05) is 19.7 Å². The van der Waals surface area contributed by atoms with Crippen LogP contribution < -0.4 is 0 Å².